The van der Waals surface area contributed by atoms with Gasteiger partial charge in [0.1, 0.15) is 9.97 Å². The molecule has 6 nitrogen and oxygen atoms in total. The second kappa shape index (κ2) is 7.99. The molecule has 134 valence electrons. The molecule has 0 saturated carbocycles. The van der Waals surface area contributed by atoms with Crippen molar-refractivity contribution in [2.45, 2.75) is 30.0 Å². The van der Waals surface area contributed by atoms with Gasteiger partial charge in [-0.1, -0.05) is 6.42 Å². The summed E-state index contributed by atoms with van der Waals surface area (Å²) in [6, 6.07) is 6.86. The van der Waals surface area contributed by atoms with E-state index in [1.807, 2.05) is 0 Å². The number of hydrogen-bond donors (Lipinski definition) is 1. The molecule has 1 N–H and O–H groups in total. The molecule has 0 unspecified atom stereocenters. The van der Waals surface area contributed by atoms with Crippen LogP contribution in [0.4, 0.5) is 0 Å². The maximum atomic E-state index is 12.6. The van der Waals surface area contributed by atoms with E-state index >= 15 is 0 Å². The normalized spacial score (nSPS) is 16.3. The molecule has 0 aromatic carbocycles. The molecule has 2 aromatic heterocycles. The van der Waals surface area contributed by atoms with E-state index in [4.69, 9.17) is 4.42 Å². The molecule has 0 aliphatic carbocycles. The molecule has 0 spiro atoms. The van der Waals surface area contributed by atoms with Crippen molar-refractivity contribution in [2.75, 3.05) is 13.1 Å². The molecule has 1 saturated heterocycles. The Morgan fingerprint density at radius 1 is 1.24 bits per heavy atom. The number of piperidine rings is 1. The zero-order valence-electron chi connectivity index (χ0n) is 13.7. The zero-order valence-corrected chi connectivity index (χ0v) is 15.3. The Bertz CT molecular complexity index is 832. The topological polar surface area (TPSA) is 79.6 Å². The number of amides is 1. The van der Waals surface area contributed by atoms with Crippen LogP contribution in [0.5, 0.6) is 0 Å². The Labute approximate surface area is 151 Å². The summed E-state index contributed by atoms with van der Waals surface area (Å²) in [5.41, 5.74) is 0. The van der Waals surface area contributed by atoms with E-state index in [1.54, 1.807) is 34.6 Å². The molecule has 1 aliphatic rings. The van der Waals surface area contributed by atoms with Crippen molar-refractivity contribution in [3.05, 3.63) is 47.2 Å². The Hall–Kier alpha value is -1.90. The first-order valence-corrected chi connectivity index (χ1v) is 10.4. The predicted octanol–water partition coefficient (Wildman–Crippen LogP) is 2.85. The highest BCUT2D eigenvalue weighted by atomic mass is 32.2. The number of furan rings is 1. The molecule has 0 bridgehead atoms. The zero-order chi connectivity index (χ0) is 17.7. The average Bonchev–Trinajstić information content (AvgIpc) is 3.31. The summed E-state index contributed by atoms with van der Waals surface area (Å²) < 4.78 is 32.2. The summed E-state index contributed by atoms with van der Waals surface area (Å²) in [5.74, 6) is 0.339. The van der Waals surface area contributed by atoms with Crippen molar-refractivity contribution in [3.63, 3.8) is 0 Å². The van der Waals surface area contributed by atoms with Gasteiger partial charge < -0.3 is 9.73 Å². The number of nitrogens with one attached hydrogen (secondary N) is 1. The molecular formula is C17H20N2O4S2. The van der Waals surface area contributed by atoms with E-state index in [9.17, 15) is 13.2 Å². The SMILES string of the molecule is O=C(C=Cc1ccco1)NCc1ccc(S(=O)(=O)N2CCCCC2)s1. The maximum Gasteiger partial charge on any atom is 0.252 e. The van der Waals surface area contributed by atoms with Crippen molar-refractivity contribution in [1.82, 2.24) is 9.62 Å². The van der Waals surface area contributed by atoms with E-state index in [2.05, 4.69) is 5.32 Å². The fourth-order valence-electron chi connectivity index (χ4n) is 2.60. The minimum Gasteiger partial charge on any atom is -0.465 e. The highest BCUT2D eigenvalue weighted by Gasteiger charge is 2.27. The van der Waals surface area contributed by atoms with Gasteiger partial charge in [0.2, 0.25) is 5.91 Å². The van der Waals surface area contributed by atoms with Crippen molar-refractivity contribution in [3.8, 4) is 0 Å². The first kappa shape index (κ1) is 17.9. The molecule has 8 heteroatoms. The van der Waals surface area contributed by atoms with Crippen LogP contribution in [0, 0.1) is 0 Å². The Morgan fingerprint density at radius 3 is 2.76 bits per heavy atom. The van der Waals surface area contributed by atoms with Crippen LogP contribution in [-0.2, 0) is 21.4 Å². The van der Waals surface area contributed by atoms with Crippen molar-refractivity contribution < 1.29 is 17.6 Å². The van der Waals surface area contributed by atoms with Gasteiger partial charge in [0, 0.05) is 24.0 Å². The van der Waals surface area contributed by atoms with Gasteiger partial charge in [-0.25, -0.2) is 8.42 Å². The lowest BCUT2D eigenvalue weighted by atomic mass is 10.2. The van der Waals surface area contributed by atoms with Crippen molar-refractivity contribution in [1.29, 1.82) is 0 Å². The number of thiophene rings is 1. The van der Waals surface area contributed by atoms with E-state index < -0.39 is 10.0 Å². The number of carbonyl (C=O) groups is 1. The van der Waals surface area contributed by atoms with E-state index in [-0.39, 0.29) is 5.91 Å². The Balaban J connectivity index is 1.57. The highest BCUT2D eigenvalue weighted by molar-refractivity contribution is 7.91. The predicted molar refractivity (Wildman–Crippen MR) is 96.5 cm³/mol. The second-order valence-electron chi connectivity index (χ2n) is 5.75. The molecule has 1 amide bonds. The summed E-state index contributed by atoms with van der Waals surface area (Å²) in [6.07, 6.45) is 7.41. The molecule has 1 fully saturated rings. The summed E-state index contributed by atoms with van der Waals surface area (Å²) in [6.45, 7) is 1.47. The van der Waals surface area contributed by atoms with Gasteiger partial charge in [0.25, 0.3) is 10.0 Å². The lowest BCUT2D eigenvalue weighted by Gasteiger charge is -2.25. The molecule has 0 radical (unpaired) electrons. The van der Waals surface area contributed by atoms with Gasteiger partial charge in [-0.3, -0.25) is 4.79 Å². The molecule has 1 aliphatic heterocycles. The van der Waals surface area contributed by atoms with Crippen LogP contribution in [0.25, 0.3) is 6.08 Å². The van der Waals surface area contributed by atoms with Crippen molar-refractivity contribution >= 4 is 33.3 Å². The largest absolute Gasteiger partial charge is 0.465 e. The minimum atomic E-state index is -3.41. The quantitative estimate of drug-likeness (QED) is 0.782. The van der Waals surface area contributed by atoms with Crippen LogP contribution < -0.4 is 5.32 Å². The number of carbonyl (C=O) groups excluding carboxylic acids is 1. The number of rotatable bonds is 6. The van der Waals surface area contributed by atoms with Gasteiger partial charge in [-0.2, -0.15) is 4.31 Å². The van der Waals surface area contributed by atoms with Gasteiger partial charge >= 0.3 is 0 Å². The molecule has 3 heterocycles. The first-order valence-electron chi connectivity index (χ1n) is 8.14. The highest BCUT2D eigenvalue weighted by Crippen LogP contribution is 2.27. The third-order valence-electron chi connectivity index (χ3n) is 3.93. The third kappa shape index (κ3) is 4.59. The summed E-state index contributed by atoms with van der Waals surface area (Å²) in [5, 5.41) is 2.74. The van der Waals surface area contributed by atoms with E-state index in [1.165, 1.54) is 23.7 Å². The number of nitrogens with zero attached hydrogens (tertiary/aromatic N) is 1. The average molecular weight is 380 g/mol. The van der Waals surface area contributed by atoms with Crippen LogP contribution in [-0.4, -0.2) is 31.7 Å². The van der Waals surface area contributed by atoms with Crippen LogP contribution in [0.15, 0.2) is 45.2 Å². The third-order valence-corrected chi connectivity index (χ3v) is 7.38. The lowest BCUT2D eigenvalue weighted by molar-refractivity contribution is -0.116. The molecular weight excluding hydrogens is 360 g/mol. The van der Waals surface area contributed by atoms with Crippen molar-refractivity contribution in [2.24, 2.45) is 0 Å². The number of sulfonamides is 1. The van der Waals surface area contributed by atoms with E-state index in [0.717, 1.165) is 24.1 Å². The fraction of sp³-hybridized carbons (Fsp3) is 0.353. The maximum absolute atomic E-state index is 12.6. The minimum absolute atomic E-state index is 0.259. The van der Waals surface area contributed by atoms with Crippen LogP contribution in [0.2, 0.25) is 0 Å². The monoisotopic (exact) mass is 380 g/mol. The summed E-state index contributed by atoms with van der Waals surface area (Å²) in [7, 11) is -3.41. The first-order chi connectivity index (χ1) is 12.1. The summed E-state index contributed by atoms with van der Waals surface area (Å²) in [4.78, 5) is 12.6. The smallest absolute Gasteiger partial charge is 0.252 e. The van der Waals surface area contributed by atoms with Gasteiger partial charge in [-0.05, 0) is 43.2 Å². The molecule has 25 heavy (non-hydrogen) atoms. The lowest BCUT2D eigenvalue weighted by Crippen LogP contribution is -2.35. The van der Waals surface area contributed by atoms with Crippen LogP contribution in [0.3, 0.4) is 0 Å². The molecule has 0 atom stereocenters. The second-order valence-corrected chi connectivity index (χ2v) is 9.09. The van der Waals surface area contributed by atoms with Crippen LogP contribution >= 0.6 is 11.3 Å². The molecule has 3 rings (SSSR count). The van der Waals surface area contributed by atoms with Gasteiger partial charge in [-0.15, -0.1) is 11.3 Å². The van der Waals surface area contributed by atoms with Crippen LogP contribution in [0.1, 0.15) is 29.9 Å². The van der Waals surface area contributed by atoms with E-state index in [0.29, 0.717) is 29.6 Å². The van der Waals surface area contributed by atoms with Gasteiger partial charge in [0.05, 0.1) is 12.8 Å². The summed E-state index contributed by atoms with van der Waals surface area (Å²) >= 11 is 1.20. The van der Waals surface area contributed by atoms with Gasteiger partial charge in [0.15, 0.2) is 0 Å². The standard InChI is InChI=1S/C17H20N2O4S2/c20-16(8-6-14-5-4-12-23-14)18-13-15-7-9-17(24-15)25(21,22)19-10-2-1-3-11-19/h4-9,12H,1-3,10-11,13H2,(H,18,20). The number of hydrogen-bond acceptors (Lipinski definition) is 5. The Kier molecular flexibility index (Phi) is 5.72. The molecule has 2 aromatic rings. The fourth-order valence-corrected chi connectivity index (χ4v) is 5.57. The Morgan fingerprint density at radius 2 is 2.04 bits per heavy atom.